The van der Waals surface area contributed by atoms with E-state index in [1.807, 2.05) is 0 Å². The summed E-state index contributed by atoms with van der Waals surface area (Å²) in [5.74, 6) is 0.908. The largest absolute Gasteiger partial charge is 0.495 e. The quantitative estimate of drug-likeness (QED) is 0.903. The number of rotatable bonds is 2. The van der Waals surface area contributed by atoms with E-state index in [0.717, 1.165) is 28.6 Å². The molecule has 2 rings (SSSR count). The van der Waals surface area contributed by atoms with Crippen molar-refractivity contribution in [3.8, 4) is 5.75 Å². The zero-order valence-corrected chi connectivity index (χ0v) is 11.6. The van der Waals surface area contributed by atoms with E-state index in [-0.39, 0.29) is 5.54 Å². The molecular formula is C13H18BrNO. The van der Waals surface area contributed by atoms with Gasteiger partial charge in [-0.25, -0.2) is 0 Å². The molecule has 2 N–H and O–H groups in total. The minimum Gasteiger partial charge on any atom is -0.495 e. The maximum absolute atomic E-state index is 6.39. The van der Waals surface area contributed by atoms with Crippen molar-refractivity contribution in [2.75, 3.05) is 7.11 Å². The normalized spacial score (nSPS) is 18.1. The maximum Gasteiger partial charge on any atom is 0.138 e. The van der Waals surface area contributed by atoms with Gasteiger partial charge >= 0.3 is 0 Å². The zero-order valence-electron chi connectivity index (χ0n) is 10.1. The molecule has 1 aliphatic rings. The van der Waals surface area contributed by atoms with Gasteiger partial charge in [0.05, 0.1) is 11.6 Å². The van der Waals surface area contributed by atoms with Crippen LogP contribution in [0.3, 0.4) is 0 Å². The molecule has 1 fully saturated rings. The number of ether oxygens (including phenoxy) is 1. The van der Waals surface area contributed by atoms with Crippen molar-refractivity contribution < 1.29 is 4.74 Å². The van der Waals surface area contributed by atoms with E-state index >= 15 is 0 Å². The first-order valence-electron chi connectivity index (χ1n) is 5.62. The molecule has 0 aromatic heterocycles. The molecule has 1 aromatic carbocycles. The summed E-state index contributed by atoms with van der Waals surface area (Å²) in [5, 5.41) is 0. The SMILES string of the molecule is COc1c(C2(N)CCC2)cc(C)c(C)c1Br. The predicted octanol–water partition coefficient (Wildman–Crippen LogP) is 3.41. The summed E-state index contributed by atoms with van der Waals surface area (Å²) < 4.78 is 6.55. The van der Waals surface area contributed by atoms with Gasteiger partial charge in [-0.15, -0.1) is 0 Å². The zero-order chi connectivity index (χ0) is 11.9. The minimum absolute atomic E-state index is 0.174. The molecule has 0 atom stereocenters. The number of halogens is 1. The highest BCUT2D eigenvalue weighted by molar-refractivity contribution is 9.10. The first-order chi connectivity index (χ1) is 7.49. The topological polar surface area (TPSA) is 35.2 Å². The molecule has 3 heteroatoms. The Kier molecular flexibility index (Phi) is 3.01. The van der Waals surface area contributed by atoms with Crippen LogP contribution in [0.1, 0.15) is 36.0 Å². The lowest BCUT2D eigenvalue weighted by atomic mass is 9.72. The number of hydrogen-bond acceptors (Lipinski definition) is 2. The van der Waals surface area contributed by atoms with Crippen LogP contribution in [0, 0.1) is 13.8 Å². The second-order valence-corrected chi connectivity index (χ2v) is 5.52. The Labute approximate surface area is 105 Å². The average Bonchev–Trinajstić information content (AvgIpc) is 2.22. The van der Waals surface area contributed by atoms with Crippen LogP contribution in [0.4, 0.5) is 0 Å². The van der Waals surface area contributed by atoms with Gasteiger partial charge in [-0.1, -0.05) is 6.07 Å². The van der Waals surface area contributed by atoms with Crippen LogP contribution in [0.2, 0.25) is 0 Å². The van der Waals surface area contributed by atoms with Gasteiger partial charge in [0.2, 0.25) is 0 Å². The lowest BCUT2D eigenvalue weighted by Crippen LogP contribution is -2.43. The molecule has 88 valence electrons. The minimum atomic E-state index is -0.174. The Morgan fingerprint density at radius 1 is 1.38 bits per heavy atom. The van der Waals surface area contributed by atoms with Crippen molar-refractivity contribution in [1.29, 1.82) is 0 Å². The number of nitrogens with two attached hydrogens (primary N) is 1. The predicted molar refractivity (Wildman–Crippen MR) is 69.9 cm³/mol. The van der Waals surface area contributed by atoms with Gasteiger partial charge in [-0.2, -0.15) is 0 Å². The van der Waals surface area contributed by atoms with Crippen molar-refractivity contribution in [3.63, 3.8) is 0 Å². The van der Waals surface area contributed by atoms with Gasteiger partial charge in [0.15, 0.2) is 0 Å². The Morgan fingerprint density at radius 3 is 2.44 bits per heavy atom. The Morgan fingerprint density at radius 2 is 2.00 bits per heavy atom. The van der Waals surface area contributed by atoms with Crippen LogP contribution in [0.5, 0.6) is 5.75 Å². The molecule has 0 heterocycles. The van der Waals surface area contributed by atoms with Crippen LogP contribution in [0.15, 0.2) is 10.5 Å². The number of methoxy groups -OCH3 is 1. The third-order valence-corrected chi connectivity index (χ3v) is 4.67. The van der Waals surface area contributed by atoms with Crippen molar-refractivity contribution in [2.24, 2.45) is 5.73 Å². The molecule has 16 heavy (non-hydrogen) atoms. The first-order valence-corrected chi connectivity index (χ1v) is 6.42. The van der Waals surface area contributed by atoms with Gasteiger partial charge in [0.25, 0.3) is 0 Å². The van der Waals surface area contributed by atoms with Crippen LogP contribution in [-0.2, 0) is 5.54 Å². The van der Waals surface area contributed by atoms with Crippen LogP contribution < -0.4 is 10.5 Å². The lowest BCUT2D eigenvalue weighted by Gasteiger charge is -2.40. The highest BCUT2D eigenvalue weighted by Crippen LogP contribution is 2.46. The Balaban J connectivity index is 2.60. The molecule has 0 radical (unpaired) electrons. The summed E-state index contributed by atoms with van der Waals surface area (Å²) in [5.41, 5.74) is 9.85. The van der Waals surface area contributed by atoms with E-state index in [4.69, 9.17) is 10.5 Å². The fraction of sp³-hybridized carbons (Fsp3) is 0.538. The molecule has 0 bridgehead atoms. The monoisotopic (exact) mass is 283 g/mol. The summed E-state index contributed by atoms with van der Waals surface area (Å²) >= 11 is 3.61. The van der Waals surface area contributed by atoms with E-state index < -0.39 is 0 Å². The van der Waals surface area contributed by atoms with Crippen LogP contribution in [-0.4, -0.2) is 7.11 Å². The van der Waals surface area contributed by atoms with Crippen LogP contribution in [0.25, 0.3) is 0 Å². The molecular weight excluding hydrogens is 266 g/mol. The summed E-state index contributed by atoms with van der Waals surface area (Å²) in [6.45, 7) is 4.21. The summed E-state index contributed by atoms with van der Waals surface area (Å²) in [4.78, 5) is 0. The smallest absolute Gasteiger partial charge is 0.138 e. The second-order valence-electron chi connectivity index (χ2n) is 4.72. The Hall–Kier alpha value is -0.540. The number of hydrogen-bond donors (Lipinski definition) is 1. The van der Waals surface area contributed by atoms with E-state index in [0.29, 0.717) is 0 Å². The molecule has 0 unspecified atom stereocenters. The average molecular weight is 284 g/mol. The fourth-order valence-corrected chi connectivity index (χ4v) is 2.94. The van der Waals surface area contributed by atoms with Gasteiger partial charge < -0.3 is 10.5 Å². The van der Waals surface area contributed by atoms with Crippen molar-refractivity contribution in [2.45, 2.75) is 38.6 Å². The third-order valence-electron chi connectivity index (χ3n) is 3.71. The fourth-order valence-electron chi connectivity index (χ4n) is 2.25. The van der Waals surface area contributed by atoms with Gasteiger partial charge in [0.1, 0.15) is 5.75 Å². The van der Waals surface area contributed by atoms with E-state index in [1.54, 1.807) is 7.11 Å². The highest BCUT2D eigenvalue weighted by Gasteiger charge is 2.37. The number of benzene rings is 1. The van der Waals surface area contributed by atoms with Gasteiger partial charge in [-0.05, 0) is 60.2 Å². The van der Waals surface area contributed by atoms with Crippen molar-refractivity contribution in [1.82, 2.24) is 0 Å². The van der Waals surface area contributed by atoms with Gasteiger partial charge in [0, 0.05) is 11.1 Å². The maximum atomic E-state index is 6.39. The number of aryl methyl sites for hydroxylation is 1. The standard InChI is InChI=1S/C13H18BrNO/c1-8-7-10(13(15)5-4-6-13)12(16-3)11(14)9(8)2/h7H,4-6,15H2,1-3H3. The summed E-state index contributed by atoms with van der Waals surface area (Å²) in [7, 11) is 1.71. The van der Waals surface area contributed by atoms with E-state index in [1.165, 1.54) is 17.5 Å². The summed E-state index contributed by atoms with van der Waals surface area (Å²) in [6, 6.07) is 2.18. The van der Waals surface area contributed by atoms with E-state index in [2.05, 4.69) is 35.8 Å². The lowest BCUT2D eigenvalue weighted by molar-refractivity contribution is 0.243. The molecule has 2 nitrogen and oxygen atoms in total. The van der Waals surface area contributed by atoms with Crippen LogP contribution >= 0.6 is 15.9 Å². The van der Waals surface area contributed by atoms with Crippen molar-refractivity contribution >= 4 is 15.9 Å². The molecule has 0 aliphatic heterocycles. The highest BCUT2D eigenvalue weighted by atomic mass is 79.9. The van der Waals surface area contributed by atoms with Gasteiger partial charge in [-0.3, -0.25) is 0 Å². The molecule has 0 spiro atoms. The molecule has 0 amide bonds. The molecule has 1 saturated carbocycles. The second kappa shape index (κ2) is 4.04. The molecule has 0 saturated heterocycles. The molecule has 1 aromatic rings. The summed E-state index contributed by atoms with van der Waals surface area (Å²) in [6.07, 6.45) is 3.32. The van der Waals surface area contributed by atoms with Crippen molar-refractivity contribution in [3.05, 3.63) is 27.2 Å². The molecule has 1 aliphatic carbocycles. The first kappa shape index (κ1) is 11.9. The Bertz CT molecular complexity index is 424. The third kappa shape index (κ3) is 1.66. The van der Waals surface area contributed by atoms with E-state index in [9.17, 15) is 0 Å².